The van der Waals surface area contributed by atoms with Gasteiger partial charge in [0.2, 0.25) is 0 Å². The number of rotatable bonds is 3. The minimum absolute atomic E-state index is 0.283. The maximum absolute atomic E-state index is 10.6. The van der Waals surface area contributed by atoms with Crippen LogP contribution in [-0.4, -0.2) is 11.1 Å². The van der Waals surface area contributed by atoms with Gasteiger partial charge >= 0.3 is 14.0 Å². The second-order valence-electron chi connectivity index (χ2n) is 2.44. The van der Waals surface area contributed by atoms with Crippen molar-refractivity contribution in [2.24, 2.45) is 0 Å². The summed E-state index contributed by atoms with van der Waals surface area (Å²) < 4.78 is 10.6. The van der Waals surface area contributed by atoms with E-state index >= 15 is 0 Å². The second-order valence-corrected chi connectivity index (χ2v) is 3.52. The molecule has 68 valence electrons. The SMILES string of the molecule is O=C(O)C(c1ccccc1)[P+](=O)[O-]. The molecule has 0 aliphatic carbocycles. The van der Waals surface area contributed by atoms with E-state index in [4.69, 9.17) is 5.11 Å². The number of carbonyl (C=O) groups is 1. The maximum atomic E-state index is 10.6. The Morgan fingerprint density at radius 3 is 2.31 bits per heavy atom. The minimum Gasteiger partial charge on any atom is -0.595 e. The quantitative estimate of drug-likeness (QED) is 0.732. The van der Waals surface area contributed by atoms with Crippen LogP contribution < -0.4 is 4.89 Å². The largest absolute Gasteiger partial charge is 0.595 e. The first-order valence-electron chi connectivity index (χ1n) is 3.54. The summed E-state index contributed by atoms with van der Waals surface area (Å²) in [5, 5.41) is 8.61. The number of carboxylic acid groups (broad SMARTS) is 1. The van der Waals surface area contributed by atoms with E-state index in [0.717, 1.165) is 0 Å². The van der Waals surface area contributed by atoms with Crippen LogP contribution in [0.5, 0.6) is 0 Å². The highest BCUT2D eigenvalue weighted by molar-refractivity contribution is 7.38. The molecule has 2 unspecified atom stereocenters. The van der Waals surface area contributed by atoms with Crippen molar-refractivity contribution in [2.45, 2.75) is 5.66 Å². The van der Waals surface area contributed by atoms with Crippen molar-refractivity contribution in [2.75, 3.05) is 0 Å². The first-order chi connectivity index (χ1) is 6.13. The van der Waals surface area contributed by atoms with Crippen molar-refractivity contribution in [1.29, 1.82) is 0 Å². The summed E-state index contributed by atoms with van der Waals surface area (Å²) >= 11 is 0. The molecule has 5 heteroatoms. The molecule has 4 nitrogen and oxygen atoms in total. The van der Waals surface area contributed by atoms with Crippen LogP contribution in [0, 0.1) is 0 Å². The van der Waals surface area contributed by atoms with Crippen molar-refractivity contribution >= 4 is 14.0 Å². The van der Waals surface area contributed by atoms with Crippen molar-refractivity contribution in [3.05, 3.63) is 35.9 Å². The van der Waals surface area contributed by atoms with Crippen LogP contribution in [-0.2, 0) is 9.36 Å². The van der Waals surface area contributed by atoms with Gasteiger partial charge in [-0.15, -0.1) is 0 Å². The van der Waals surface area contributed by atoms with E-state index in [1.807, 2.05) is 0 Å². The van der Waals surface area contributed by atoms with Crippen LogP contribution in [0.3, 0.4) is 0 Å². The van der Waals surface area contributed by atoms with Crippen molar-refractivity contribution in [3.63, 3.8) is 0 Å². The summed E-state index contributed by atoms with van der Waals surface area (Å²) in [6.45, 7) is 0. The van der Waals surface area contributed by atoms with E-state index in [-0.39, 0.29) is 5.56 Å². The number of benzene rings is 1. The summed E-state index contributed by atoms with van der Waals surface area (Å²) in [6, 6.07) is 7.85. The minimum atomic E-state index is -2.98. The van der Waals surface area contributed by atoms with Crippen LogP contribution >= 0.6 is 8.03 Å². The highest BCUT2D eigenvalue weighted by Crippen LogP contribution is 2.34. The standard InChI is InChI=1S/C8H7O4P/c9-8(10)7(13(11)12)6-4-2-1-3-5-6/h1-5,7H,(H,9,10). The van der Waals surface area contributed by atoms with Gasteiger partial charge in [-0.05, 0) is 0 Å². The van der Waals surface area contributed by atoms with E-state index < -0.39 is 19.7 Å². The molecule has 13 heavy (non-hydrogen) atoms. The molecule has 0 spiro atoms. The lowest BCUT2D eigenvalue weighted by molar-refractivity contribution is -0.169. The zero-order valence-electron chi connectivity index (χ0n) is 6.58. The fourth-order valence-corrected chi connectivity index (χ4v) is 1.59. The number of hydrogen-bond donors (Lipinski definition) is 1. The molecule has 0 saturated heterocycles. The number of hydrogen-bond acceptors (Lipinski definition) is 3. The van der Waals surface area contributed by atoms with Crippen LogP contribution in [0.2, 0.25) is 0 Å². The Kier molecular flexibility index (Phi) is 3.12. The third kappa shape index (κ3) is 2.34. The Balaban J connectivity index is 3.03. The molecule has 0 aliphatic heterocycles. The lowest BCUT2D eigenvalue weighted by Crippen LogP contribution is -2.11. The van der Waals surface area contributed by atoms with E-state index in [1.165, 1.54) is 12.1 Å². The highest BCUT2D eigenvalue weighted by atomic mass is 31.1. The van der Waals surface area contributed by atoms with E-state index in [1.54, 1.807) is 18.2 Å². The molecular formula is C8H7O4P. The molecule has 0 saturated carbocycles. The van der Waals surface area contributed by atoms with Gasteiger partial charge in [-0.1, -0.05) is 34.9 Å². The average molecular weight is 198 g/mol. The van der Waals surface area contributed by atoms with Crippen LogP contribution in [0.4, 0.5) is 0 Å². The first kappa shape index (κ1) is 9.84. The molecule has 0 amide bonds. The average Bonchev–Trinajstić information content (AvgIpc) is 2.04. The molecule has 0 heterocycles. The molecule has 0 fully saturated rings. The second kappa shape index (κ2) is 4.12. The van der Waals surface area contributed by atoms with E-state index in [9.17, 15) is 14.3 Å². The molecule has 0 bridgehead atoms. The van der Waals surface area contributed by atoms with Crippen LogP contribution in [0.25, 0.3) is 0 Å². The topological polar surface area (TPSA) is 77.4 Å². The van der Waals surface area contributed by atoms with Crippen LogP contribution in [0.1, 0.15) is 11.2 Å². The normalized spacial score (nSPS) is 13.5. The molecule has 0 aromatic heterocycles. The summed E-state index contributed by atoms with van der Waals surface area (Å²) in [5.74, 6) is -1.35. The monoisotopic (exact) mass is 198 g/mol. The van der Waals surface area contributed by atoms with Gasteiger partial charge in [0.05, 0.1) is 0 Å². The van der Waals surface area contributed by atoms with Crippen molar-refractivity contribution in [1.82, 2.24) is 0 Å². The molecule has 1 rings (SSSR count). The summed E-state index contributed by atoms with van der Waals surface area (Å²) in [5.41, 5.74) is -1.15. The fraction of sp³-hybridized carbons (Fsp3) is 0.125. The summed E-state index contributed by atoms with van der Waals surface area (Å²) in [7, 11) is -2.98. The molecule has 1 aromatic carbocycles. The molecule has 0 aliphatic rings. The smallest absolute Gasteiger partial charge is 0.360 e. The predicted molar refractivity (Wildman–Crippen MR) is 44.4 cm³/mol. The van der Waals surface area contributed by atoms with E-state index in [2.05, 4.69) is 0 Å². The maximum Gasteiger partial charge on any atom is 0.360 e. The number of carboxylic acids is 1. The first-order valence-corrected chi connectivity index (χ1v) is 4.79. The summed E-state index contributed by atoms with van der Waals surface area (Å²) in [4.78, 5) is 21.2. The lowest BCUT2D eigenvalue weighted by atomic mass is 10.1. The number of aliphatic carboxylic acids is 1. The third-order valence-electron chi connectivity index (χ3n) is 1.56. The Labute approximate surface area is 75.7 Å². The van der Waals surface area contributed by atoms with Gasteiger partial charge in [0, 0.05) is 5.56 Å². The molecule has 1 aromatic rings. The zero-order chi connectivity index (χ0) is 9.84. The zero-order valence-corrected chi connectivity index (χ0v) is 7.48. The van der Waals surface area contributed by atoms with Gasteiger partial charge in [-0.3, -0.25) is 0 Å². The van der Waals surface area contributed by atoms with Gasteiger partial charge < -0.3 is 10.00 Å². The van der Waals surface area contributed by atoms with Gasteiger partial charge in [-0.2, -0.15) is 0 Å². The molecule has 2 atom stereocenters. The predicted octanol–water partition coefficient (Wildman–Crippen LogP) is 0.915. The Morgan fingerprint density at radius 2 is 1.92 bits per heavy atom. The van der Waals surface area contributed by atoms with Gasteiger partial charge in [0.1, 0.15) is 0 Å². The van der Waals surface area contributed by atoms with Crippen molar-refractivity contribution < 1.29 is 19.4 Å². The molecular weight excluding hydrogens is 191 g/mol. The molecule has 0 radical (unpaired) electrons. The lowest BCUT2D eigenvalue weighted by Gasteiger charge is -2.02. The summed E-state index contributed by atoms with van der Waals surface area (Å²) in [6.07, 6.45) is 0. The Bertz CT molecular complexity index is 308. The molecule has 1 N–H and O–H groups in total. The van der Waals surface area contributed by atoms with E-state index in [0.29, 0.717) is 0 Å². The Morgan fingerprint density at radius 1 is 1.38 bits per heavy atom. The van der Waals surface area contributed by atoms with Crippen molar-refractivity contribution in [3.8, 4) is 0 Å². The van der Waals surface area contributed by atoms with Gasteiger partial charge in [0.15, 0.2) is 0 Å². The van der Waals surface area contributed by atoms with Crippen LogP contribution in [0.15, 0.2) is 30.3 Å². The van der Waals surface area contributed by atoms with Gasteiger partial charge in [0.25, 0.3) is 5.66 Å². The Hall–Kier alpha value is -1.25. The fourth-order valence-electron chi connectivity index (χ4n) is 0.990. The third-order valence-corrected chi connectivity index (χ3v) is 2.50. The highest BCUT2D eigenvalue weighted by Gasteiger charge is 2.31. The van der Waals surface area contributed by atoms with Gasteiger partial charge in [-0.25, -0.2) is 4.79 Å².